The topological polar surface area (TPSA) is 70.7 Å². The third-order valence-corrected chi connectivity index (χ3v) is 4.11. The van der Waals surface area contributed by atoms with Crippen LogP contribution in [0.2, 0.25) is 0 Å². The van der Waals surface area contributed by atoms with Gasteiger partial charge in [-0.15, -0.1) is 0 Å². The van der Waals surface area contributed by atoms with E-state index >= 15 is 0 Å². The molecule has 6 nitrogen and oxygen atoms in total. The smallest absolute Gasteiger partial charge is 0.311 e. The van der Waals surface area contributed by atoms with Crippen molar-refractivity contribution in [2.24, 2.45) is 0 Å². The first-order valence-corrected chi connectivity index (χ1v) is 6.97. The molecule has 0 aromatic carbocycles. The number of ether oxygens (including phenoxy) is 1. The third kappa shape index (κ3) is 3.25. The Balaban J connectivity index is 1.93. The molecule has 0 saturated carbocycles. The van der Waals surface area contributed by atoms with Crippen LogP contribution in [0.25, 0.3) is 0 Å². The molecule has 6 heteroatoms. The minimum atomic E-state index is -0.512. The summed E-state index contributed by atoms with van der Waals surface area (Å²) in [4.78, 5) is 25.8. The van der Waals surface area contributed by atoms with Gasteiger partial charge in [-0.1, -0.05) is 0 Å². The molecule has 2 unspecified atom stereocenters. The summed E-state index contributed by atoms with van der Waals surface area (Å²) in [6, 6.07) is 0. The highest BCUT2D eigenvalue weighted by molar-refractivity contribution is 6.35. The second-order valence-electron chi connectivity index (χ2n) is 5.53. The SMILES string of the molecule is CC1OCCC1(C)NC(=O)C(=O)N1CCCNCC1. The van der Waals surface area contributed by atoms with Crippen molar-refractivity contribution in [2.45, 2.75) is 38.3 Å². The van der Waals surface area contributed by atoms with Gasteiger partial charge in [-0.3, -0.25) is 9.59 Å². The summed E-state index contributed by atoms with van der Waals surface area (Å²) in [7, 11) is 0. The van der Waals surface area contributed by atoms with Crippen molar-refractivity contribution in [3.8, 4) is 0 Å². The van der Waals surface area contributed by atoms with Gasteiger partial charge in [0.25, 0.3) is 0 Å². The first kappa shape index (κ1) is 14.3. The second-order valence-corrected chi connectivity index (χ2v) is 5.53. The lowest BCUT2D eigenvalue weighted by Crippen LogP contribution is -2.55. The predicted molar refractivity (Wildman–Crippen MR) is 70.6 cm³/mol. The summed E-state index contributed by atoms with van der Waals surface area (Å²) in [5, 5.41) is 6.06. The number of hydrogen-bond acceptors (Lipinski definition) is 4. The van der Waals surface area contributed by atoms with Crippen molar-refractivity contribution in [1.29, 1.82) is 0 Å². The molecule has 2 saturated heterocycles. The van der Waals surface area contributed by atoms with Crippen LogP contribution in [0.1, 0.15) is 26.7 Å². The molecule has 2 fully saturated rings. The average molecular weight is 269 g/mol. The van der Waals surface area contributed by atoms with Crippen LogP contribution in [0.3, 0.4) is 0 Å². The molecule has 0 bridgehead atoms. The summed E-state index contributed by atoms with van der Waals surface area (Å²) in [6.45, 7) is 7.36. The summed E-state index contributed by atoms with van der Waals surface area (Å²) in [5.74, 6) is -0.939. The summed E-state index contributed by atoms with van der Waals surface area (Å²) < 4.78 is 5.46. The zero-order chi connectivity index (χ0) is 13.9. The molecule has 19 heavy (non-hydrogen) atoms. The maximum Gasteiger partial charge on any atom is 0.311 e. The Morgan fingerprint density at radius 1 is 1.37 bits per heavy atom. The molecule has 2 aliphatic heterocycles. The van der Waals surface area contributed by atoms with Crippen LogP contribution >= 0.6 is 0 Å². The zero-order valence-corrected chi connectivity index (χ0v) is 11.7. The van der Waals surface area contributed by atoms with Crippen molar-refractivity contribution in [2.75, 3.05) is 32.8 Å². The second kappa shape index (κ2) is 5.88. The van der Waals surface area contributed by atoms with Gasteiger partial charge in [0.15, 0.2) is 0 Å². The molecule has 108 valence electrons. The molecule has 2 rings (SSSR count). The summed E-state index contributed by atoms with van der Waals surface area (Å²) >= 11 is 0. The molecule has 0 aliphatic carbocycles. The molecule has 2 N–H and O–H groups in total. The molecule has 0 radical (unpaired) electrons. The highest BCUT2D eigenvalue weighted by atomic mass is 16.5. The number of nitrogens with one attached hydrogen (secondary N) is 2. The Morgan fingerprint density at radius 2 is 2.16 bits per heavy atom. The van der Waals surface area contributed by atoms with Gasteiger partial charge in [0.05, 0.1) is 11.6 Å². The summed E-state index contributed by atoms with van der Waals surface area (Å²) in [5.41, 5.74) is -0.434. The fraction of sp³-hybridized carbons (Fsp3) is 0.846. The largest absolute Gasteiger partial charge is 0.376 e. The highest BCUT2D eigenvalue weighted by Crippen LogP contribution is 2.24. The highest BCUT2D eigenvalue weighted by Gasteiger charge is 2.40. The van der Waals surface area contributed by atoms with Crippen LogP contribution in [0.15, 0.2) is 0 Å². The van der Waals surface area contributed by atoms with Crippen LogP contribution in [0.4, 0.5) is 0 Å². The van der Waals surface area contributed by atoms with Gasteiger partial charge in [-0.2, -0.15) is 0 Å². The zero-order valence-electron chi connectivity index (χ0n) is 11.7. The van der Waals surface area contributed by atoms with E-state index in [0.29, 0.717) is 19.7 Å². The monoisotopic (exact) mass is 269 g/mol. The Labute approximate surface area is 113 Å². The Bertz CT molecular complexity index is 353. The first-order chi connectivity index (χ1) is 9.03. The lowest BCUT2D eigenvalue weighted by Gasteiger charge is -2.29. The van der Waals surface area contributed by atoms with Gasteiger partial charge in [0.2, 0.25) is 0 Å². The molecular formula is C13H23N3O3. The number of nitrogens with zero attached hydrogens (tertiary/aromatic N) is 1. The minimum Gasteiger partial charge on any atom is -0.376 e. The Kier molecular flexibility index (Phi) is 4.42. The van der Waals surface area contributed by atoms with E-state index < -0.39 is 17.4 Å². The standard InChI is InChI=1S/C13H23N3O3/c1-10-13(2,4-9-19-10)15-11(17)12(18)16-7-3-5-14-6-8-16/h10,14H,3-9H2,1-2H3,(H,15,17). The van der Waals surface area contributed by atoms with E-state index in [4.69, 9.17) is 4.74 Å². The number of amides is 2. The first-order valence-electron chi connectivity index (χ1n) is 6.97. The van der Waals surface area contributed by atoms with Crippen LogP contribution in [0, 0.1) is 0 Å². The fourth-order valence-electron chi connectivity index (χ4n) is 2.50. The van der Waals surface area contributed by atoms with Crippen LogP contribution < -0.4 is 10.6 Å². The maximum absolute atomic E-state index is 12.1. The normalized spacial score (nSPS) is 31.9. The summed E-state index contributed by atoms with van der Waals surface area (Å²) in [6.07, 6.45) is 1.57. The number of hydrogen-bond donors (Lipinski definition) is 2. The quantitative estimate of drug-likeness (QED) is 0.629. The van der Waals surface area contributed by atoms with Gasteiger partial charge < -0.3 is 20.3 Å². The lowest BCUT2D eigenvalue weighted by atomic mass is 9.94. The molecular weight excluding hydrogens is 246 g/mol. The van der Waals surface area contributed by atoms with Gasteiger partial charge in [-0.05, 0) is 33.2 Å². The van der Waals surface area contributed by atoms with Gasteiger partial charge in [-0.25, -0.2) is 0 Å². The van der Waals surface area contributed by atoms with Crippen molar-refractivity contribution in [3.63, 3.8) is 0 Å². The molecule has 0 aromatic heterocycles. The predicted octanol–water partition coefficient (Wildman–Crippen LogP) is -0.508. The van der Waals surface area contributed by atoms with E-state index in [1.807, 2.05) is 13.8 Å². The van der Waals surface area contributed by atoms with Crippen LogP contribution in [0.5, 0.6) is 0 Å². The van der Waals surface area contributed by atoms with Crippen LogP contribution in [-0.2, 0) is 14.3 Å². The van der Waals surface area contributed by atoms with Gasteiger partial charge >= 0.3 is 11.8 Å². The number of carbonyl (C=O) groups is 2. The fourth-order valence-corrected chi connectivity index (χ4v) is 2.50. The van der Waals surface area contributed by atoms with E-state index in [2.05, 4.69) is 10.6 Å². The molecule has 2 amide bonds. The van der Waals surface area contributed by atoms with E-state index in [-0.39, 0.29) is 6.10 Å². The average Bonchev–Trinajstić information content (AvgIpc) is 2.62. The molecule has 2 aliphatic rings. The maximum atomic E-state index is 12.1. The molecule has 0 aromatic rings. The van der Waals surface area contributed by atoms with Crippen molar-refractivity contribution >= 4 is 11.8 Å². The van der Waals surface area contributed by atoms with E-state index in [1.165, 1.54) is 0 Å². The molecule has 0 spiro atoms. The Morgan fingerprint density at radius 3 is 2.84 bits per heavy atom. The van der Waals surface area contributed by atoms with E-state index in [9.17, 15) is 9.59 Å². The van der Waals surface area contributed by atoms with E-state index in [0.717, 1.165) is 25.9 Å². The van der Waals surface area contributed by atoms with Crippen molar-refractivity contribution in [1.82, 2.24) is 15.5 Å². The molecule has 2 heterocycles. The van der Waals surface area contributed by atoms with Crippen LogP contribution in [-0.4, -0.2) is 61.1 Å². The van der Waals surface area contributed by atoms with Crippen molar-refractivity contribution < 1.29 is 14.3 Å². The Hall–Kier alpha value is -1.14. The third-order valence-electron chi connectivity index (χ3n) is 4.11. The minimum absolute atomic E-state index is 0.0601. The number of carbonyl (C=O) groups excluding carboxylic acids is 2. The van der Waals surface area contributed by atoms with Gasteiger partial charge in [0, 0.05) is 26.2 Å². The lowest BCUT2D eigenvalue weighted by molar-refractivity contribution is -0.147. The number of rotatable bonds is 1. The van der Waals surface area contributed by atoms with Crippen molar-refractivity contribution in [3.05, 3.63) is 0 Å². The van der Waals surface area contributed by atoms with E-state index in [1.54, 1.807) is 4.90 Å². The molecule has 2 atom stereocenters. The van der Waals surface area contributed by atoms with Gasteiger partial charge in [0.1, 0.15) is 0 Å².